The molecule has 104 valence electrons. The summed E-state index contributed by atoms with van der Waals surface area (Å²) in [5.41, 5.74) is 1.41. The Bertz CT molecular complexity index is 385. The van der Waals surface area contributed by atoms with Crippen molar-refractivity contribution in [3.05, 3.63) is 35.9 Å². The fourth-order valence-electron chi connectivity index (χ4n) is 2.71. The second-order valence-corrected chi connectivity index (χ2v) is 5.68. The van der Waals surface area contributed by atoms with Gasteiger partial charge in [0.2, 0.25) is 5.91 Å². The van der Waals surface area contributed by atoms with Gasteiger partial charge in [-0.25, -0.2) is 0 Å². The Labute approximate surface area is 120 Å². The van der Waals surface area contributed by atoms with Crippen LogP contribution >= 0.6 is 11.6 Å². The second-order valence-electron chi connectivity index (χ2n) is 5.31. The SMILES string of the molecule is O=C(CCCCl)N1CCC(Cc2ccccc2)CC1. The topological polar surface area (TPSA) is 20.3 Å². The molecule has 2 rings (SSSR count). The number of hydrogen-bond donors (Lipinski definition) is 0. The summed E-state index contributed by atoms with van der Waals surface area (Å²) in [4.78, 5) is 13.9. The molecule has 0 atom stereocenters. The standard InChI is InChI=1S/C16H22ClNO/c17-10-4-7-16(19)18-11-8-15(9-12-18)13-14-5-2-1-3-6-14/h1-3,5-6,15H,4,7-13H2. The minimum absolute atomic E-state index is 0.277. The lowest BCUT2D eigenvalue weighted by Gasteiger charge is -2.32. The summed E-state index contributed by atoms with van der Waals surface area (Å²) in [7, 11) is 0. The average Bonchev–Trinajstić information content (AvgIpc) is 2.46. The number of rotatable bonds is 5. The van der Waals surface area contributed by atoms with E-state index in [1.807, 2.05) is 4.90 Å². The van der Waals surface area contributed by atoms with E-state index >= 15 is 0 Å². The number of alkyl halides is 1. The van der Waals surface area contributed by atoms with E-state index in [1.165, 1.54) is 5.56 Å². The van der Waals surface area contributed by atoms with E-state index in [4.69, 9.17) is 11.6 Å². The van der Waals surface area contributed by atoms with Crippen LogP contribution in [-0.2, 0) is 11.2 Å². The monoisotopic (exact) mass is 279 g/mol. The van der Waals surface area contributed by atoms with Crippen LogP contribution in [0.5, 0.6) is 0 Å². The quantitative estimate of drug-likeness (QED) is 0.756. The number of benzene rings is 1. The number of amides is 1. The van der Waals surface area contributed by atoms with E-state index in [0.29, 0.717) is 12.3 Å². The van der Waals surface area contributed by atoms with Crippen LogP contribution in [0, 0.1) is 5.92 Å². The Morgan fingerprint density at radius 2 is 1.89 bits per heavy atom. The first-order chi connectivity index (χ1) is 9.29. The lowest BCUT2D eigenvalue weighted by Crippen LogP contribution is -2.38. The molecule has 1 amide bonds. The molecule has 0 N–H and O–H groups in total. The third-order valence-corrected chi connectivity index (χ3v) is 4.13. The molecule has 0 spiro atoms. The highest BCUT2D eigenvalue weighted by Gasteiger charge is 2.22. The van der Waals surface area contributed by atoms with Gasteiger partial charge in [-0.15, -0.1) is 11.6 Å². The molecule has 2 nitrogen and oxygen atoms in total. The minimum Gasteiger partial charge on any atom is -0.343 e. The largest absolute Gasteiger partial charge is 0.343 e. The van der Waals surface area contributed by atoms with Crippen molar-refractivity contribution in [2.24, 2.45) is 5.92 Å². The number of carbonyl (C=O) groups is 1. The number of piperidine rings is 1. The fourth-order valence-corrected chi connectivity index (χ4v) is 2.84. The van der Waals surface area contributed by atoms with Crippen LogP contribution in [0.15, 0.2) is 30.3 Å². The van der Waals surface area contributed by atoms with Crippen LogP contribution in [-0.4, -0.2) is 29.8 Å². The van der Waals surface area contributed by atoms with Crippen molar-refractivity contribution in [2.45, 2.75) is 32.1 Å². The summed E-state index contributed by atoms with van der Waals surface area (Å²) in [5.74, 6) is 1.58. The van der Waals surface area contributed by atoms with E-state index < -0.39 is 0 Å². The number of likely N-dealkylation sites (tertiary alicyclic amines) is 1. The van der Waals surface area contributed by atoms with Crippen molar-refractivity contribution >= 4 is 17.5 Å². The second kappa shape index (κ2) is 7.54. The Balaban J connectivity index is 1.75. The number of halogens is 1. The van der Waals surface area contributed by atoms with Gasteiger partial charge in [-0.2, -0.15) is 0 Å². The summed E-state index contributed by atoms with van der Waals surface area (Å²) >= 11 is 5.63. The predicted molar refractivity (Wildman–Crippen MR) is 79.4 cm³/mol. The first kappa shape index (κ1) is 14.4. The number of carbonyl (C=O) groups excluding carboxylic acids is 1. The summed E-state index contributed by atoms with van der Waals surface area (Å²) < 4.78 is 0. The molecule has 1 aromatic carbocycles. The van der Waals surface area contributed by atoms with Gasteiger partial charge in [-0.3, -0.25) is 4.79 Å². The van der Waals surface area contributed by atoms with Gasteiger partial charge in [0.25, 0.3) is 0 Å². The molecule has 1 aliphatic rings. The molecular weight excluding hydrogens is 258 g/mol. The molecule has 3 heteroatoms. The zero-order chi connectivity index (χ0) is 13.5. The van der Waals surface area contributed by atoms with Crippen LogP contribution in [0.2, 0.25) is 0 Å². The molecule has 0 aromatic heterocycles. The van der Waals surface area contributed by atoms with Crippen molar-refractivity contribution in [3.63, 3.8) is 0 Å². The predicted octanol–water partition coefficient (Wildman–Crippen LogP) is 3.49. The van der Waals surface area contributed by atoms with E-state index in [0.717, 1.165) is 44.7 Å². The molecule has 19 heavy (non-hydrogen) atoms. The highest BCUT2D eigenvalue weighted by atomic mass is 35.5. The number of hydrogen-bond acceptors (Lipinski definition) is 1. The summed E-state index contributed by atoms with van der Waals surface area (Å²) in [6.45, 7) is 1.83. The van der Waals surface area contributed by atoms with Crippen LogP contribution < -0.4 is 0 Å². The van der Waals surface area contributed by atoms with Gasteiger partial charge in [0, 0.05) is 25.4 Å². The van der Waals surface area contributed by atoms with Crippen LogP contribution in [0.3, 0.4) is 0 Å². The van der Waals surface area contributed by atoms with E-state index in [9.17, 15) is 4.79 Å². The highest BCUT2D eigenvalue weighted by molar-refractivity contribution is 6.17. The molecule has 0 radical (unpaired) electrons. The Morgan fingerprint density at radius 1 is 1.21 bits per heavy atom. The van der Waals surface area contributed by atoms with E-state index in [-0.39, 0.29) is 5.91 Å². The van der Waals surface area contributed by atoms with Crippen molar-refractivity contribution in [2.75, 3.05) is 19.0 Å². The van der Waals surface area contributed by atoms with Gasteiger partial charge in [0.15, 0.2) is 0 Å². The van der Waals surface area contributed by atoms with Gasteiger partial charge >= 0.3 is 0 Å². The van der Waals surface area contributed by atoms with Gasteiger partial charge in [-0.1, -0.05) is 30.3 Å². The molecule has 1 saturated heterocycles. The Kier molecular flexibility index (Phi) is 5.71. The molecule has 1 aliphatic heterocycles. The maximum atomic E-state index is 11.9. The van der Waals surface area contributed by atoms with Gasteiger partial charge in [0.1, 0.15) is 0 Å². The molecule has 0 saturated carbocycles. The Morgan fingerprint density at radius 3 is 2.53 bits per heavy atom. The molecule has 0 unspecified atom stereocenters. The zero-order valence-electron chi connectivity index (χ0n) is 11.4. The molecule has 1 fully saturated rings. The minimum atomic E-state index is 0.277. The molecule has 0 aliphatic carbocycles. The average molecular weight is 280 g/mol. The maximum absolute atomic E-state index is 11.9. The summed E-state index contributed by atoms with van der Waals surface area (Å²) in [6, 6.07) is 10.6. The smallest absolute Gasteiger partial charge is 0.222 e. The lowest BCUT2D eigenvalue weighted by atomic mass is 9.90. The van der Waals surface area contributed by atoms with Gasteiger partial charge in [0.05, 0.1) is 0 Å². The number of nitrogens with zero attached hydrogens (tertiary/aromatic N) is 1. The molecular formula is C16H22ClNO. The van der Waals surface area contributed by atoms with Crippen LogP contribution in [0.4, 0.5) is 0 Å². The molecule has 0 bridgehead atoms. The van der Waals surface area contributed by atoms with Crippen LogP contribution in [0.1, 0.15) is 31.2 Å². The van der Waals surface area contributed by atoms with Crippen molar-refractivity contribution in [1.29, 1.82) is 0 Å². The highest BCUT2D eigenvalue weighted by Crippen LogP contribution is 2.22. The van der Waals surface area contributed by atoms with Crippen molar-refractivity contribution in [3.8, 4) is 0 Å². The van der Waals surface area contributed by atoms with Crippen molar-refractivity contribution < 1.29 is 4.79 Å². The Hall–Kier alpha value is -1.02. The third-order valence-electron chi connectivity index (χ3n) is 3.86. The van der Waals surface area contributed by atoms with Gasteiger partial charge in [-0.05, 0) is 37.2 Å². The summed E-state index contributed by atoms with van der Waals surface area (Å²) in [5, 5.41) is 0. The zero-order valence-corrected chi connectivity index (χ0v) is 12.1. The van der Waals surface area contributed by atoms with Crippen LogP contribution in [0.25, 0.3) is 0 Å². The van der Waals surface area contributed by atoms with E-state index in [1.54, 1.807) is 0 Å². The fraction of sp³-hybridized carbons (Fsp3) is 0.562. The van der Waals surface area contributed by atoms with E-state index in [2.05, 4.69) is 30.3 Å². The third kappa shape index (κ3) is 4.54. The molecule has 1 heterocycles. The van der Waals surface area contributed by atoms with Crippen molar-refractivity contribution in [1.82, 2.24) is 4.90 Å². The lowest BCUT2D eigenvalue weighted by molar-refractivity contribution is -0.132. The molecule has 1 aromatic rings. The van der Waals surface area contributed by atoms with Gasteiger partial charge < -0.3 is 4.90 Å². The first-order valence-corrected chi connectivity index (χ1v) is 7.70. The normalized spacial score (nSPS) is 16.6. The first-order valence-electron chi connectivity index (χ1n) is 7.17. The summed E-state index contributed by atoms with van der Waals surface area (Å²) in [6.07, 6.45) is 4.80. The maximum Gasteiger partial charge on any atom is 0.222 e.